The molecule has 2 N–H and O–H groups in total. The molecular weight excluding hydrogens is 419 g/mol. The molecule has 1 aromatic heterocycles. The number of carbonyl (C=O) groups excluding carboxylic acids is 1. The lowest BCUT2D eigenvalue weighted by atomic mass is 10.0. The molecule has 0 unspecified atom stereocenters. The molecular formula is C22H13F5N2O2. The van der Waals surface area contributed by atoms with E-state index < -0.39 is 29.7 Å². The number of H-pyrrole nitrogens is 1. The topological polar surface area (TPSA) is 54.1 Å². The number of fused-ring (bicyclic) bond motifs is 1. The first-order valence-electron chi connectivity index (χ1n) is 8.94. The maximum absolute atomic E-state index is 14.9. The van der Waals surface area contributed by atoms with E-state index in [1.165, 1.54) is 54.6 Å². The van der Waals surface area contributed by atoms with E-state index in [9.17, 15) is 26.7 Å². The van der Waals surface area contributed by atoms with Crippen LogP contribution in [0.3, 0.4) is 0 Å². The van der Waals surface area contributed by atoms with Crippen LogP contribution in [-0.2, 0) is 0 Å². The van der Waals surface area contributed by atoms with Gasteiger partial charge in [0, 0.05) is 16.5 Å². The van der Waals surface area contributed by atoms with Crippen molar-refractivity contribution in [3.8, 4) is 16.9 Å². The number of ether oxygens (including phenoxy) is 1. The summed E-state index contributed by atoms with van der Waals surface area (Å²) in [5.41, 5.74) is 0.915. The van der Waals surface area contributed by atoms with Crippen molar-refractivity contribution >= 4 is 22.5 Å². The summed E-state index contributed by atoms with van der Waals surface area (Å²) in [6, 6.07) is 14.5. The third kappa shape index (κ3) is 4.50. The smallest absolute Gasteiger partial charge is 0.406 e. The Balaban J connectivity index is 1.59. The van der Waals surface area contributed by atoms with Gasteiger partial charge < -0.3 is 15.0 Å². The van der Waals surface area contributed by atoms with Crippen molar-refractivity contribution in [2.45, 2.75) is 6.36 Å². The Morgan fingerprint density at radius 2 is 1.68 bits per heavy atom. The third-order valence-electron chi connectivity index (χ3n) is 4.47. The Hall–Kier alpha value is -3.88. The molecule has 0 saturated heterocycles. The molecule has 0 aliphatic heterocycles. The van der Waals surface area contributed by atoms with Gasteiger partial charge in [-0.3, -0.25) is 4.79 Å². The monoisotopic (exact) mass is 432 g/mol. The molecule has 0 bridgehead atoms. The maximum Gasteiger partial charge on any atom is 0.573 e. The number of nitrogens with one attached hydrogen (secondary N) is 2. The van der Waals surface area contributed by atoms with E-state index >= 15 is 0 Å². The lowest BCUT2D eigenvalue weighted by molar-refractivity contribution is -0.274. The molecule has 0 atom stereocenters. The standard InChI is InChI=1S/C22H13F5N2O2/c23-14-6-4-12(5-7-14)16-2-1-3-18(20(16)24)29-21(30)19-11-13-10-15(31-22(25,26)27)8-9-17(13)28-19/h1-11,28H,(H,29,30). The average molecular weight is 432 g/mol. The van der Waals surface area contributed by atoms with E-state index in [4.69, 9.17) is 0 Å². The van der Waals surface area contributed by atoms with Gasteiger partial charge in [0.1, 0.15) is 17.3 Å². The molecule has 0 aliphatic rings. The van der Waals surface area contributed by atoms with Gasteiger partial charge in [0.25, 0.3) is 5.91 Å². The minimum atomic E-state index is -4.84. The number of aromatic amines is 1. The lowest BCUT2D eigenvalue weighted by Crippen LogP contribution is -2.16. The Morgan fingerprint density at radius 1 is 0.935 bits per heavy atom. The molecule has 1 heterocycles. The molecule has 0 saturated carbocycles. The van der Waals surface area contributed by atoms with Gasteiger partial charge in [-0.05, 0) is 48.0 Å². The molecule has 4 aromatic rings. The zero-order chi connectivity index (χ0) is 22.2. The van der Waals surface area contributed by atoms with Crippen molar-refractivity contribution in [3.05, 3.63) is 84.1 Å². The maximum atomic E-state index is 14.9. The number of hydrogen-bond donors (Lipinski definition) is 2. The van der Waals surface area contributed by atoms with Crippen molar-refractivity contribution in [2.24, 2.45) is 0 Å². The summed E-state index contributed by atoms with van der Waals surface area (Å²) in [4.78, 5) is 15.3. The van der Waals surface area contributed by atoms with Gasteiger partial charge >= 0.3 is 6.36 Å². The van der Waals surface area contributed by atoms with Crippen molar-refractivity contribution in [1.82, 2.24) is 4.98 Å². The first-order valence-corrected chi connectivity index (χ1v) is 8.94. The van der Waals surface area contributed by atoms with Crippen LogP contribution >= 0.6 is 0 Å². The van der Waals surface area contributed by atoms with Gasteiger partial charge in [0.2, 0.25) is 0 Å². The summed E-state index contributed by atoms with van der Waals surface area (Å²) in [6.07, 6.45) is -4.84. The van der Waals surface area contributed by atoms with Crippen molar-refractivity contribution in [3.63, 3.8) is 0 Å². The minimum Gasteiger partial charge on any atom is -0.406 e. The van der Waals surface area contributed by atoms with Crippen molar-refractivity contribution < 1.29 is 31.5 Å². The first-order chi connectivity index (χ1) is 14.7. The van der Waals surface area contributed by atoms with E-state index in [0.29, 0.717) is 16.5 Å². The highest BCUT2D eigenvalue weighted by Gasteiger charge is 2.31. The second-order valence-corrected chi connectivity index (χ2v) is 6.61. The van der Waals surface area contributed by atoms with Crippen LogP contribution in [0.15, 0.2) is 66.7 Å². The fourth-order valence-corrected chi connectivity index (χ4v) is 3.10. The van der Waals surface area contributed by atoms with Crippen molar-refractivity contribution in [1.29, 1.82) is 0 Å². The summed E-state index contributed by atoms with van der Waals surface area (Å²) < 4.78 is 69.0. The third-order valence-corrected chi connectivity index (χ3v) is 4.47. The number of amides is 1. The summed E-state index contributed by atoms with van der Waals surface area (Å²) in [5.74, 6) is -2.29. The average Bonchev–Trinajstić information content (AvgIpc) is 3.13. The highest BCUT2D eigenvalue weighted by molar-refractivity contribution is 6.06. The molecule has 0 fully saturated rings. The fourth-order valence-electron chi connectivity index (χ4n) is 3.10. The molecule has 158 valence electrons. The summed E-state index contributed by atoms with van der Waals surface area (Å²) in [6.45, 7) is 0. The normalized spacial score (nSPS) is 11.5. The lowest BCUT2D eigenvalue weighted by Gasteiger charge is -2.09. The number of halogens is 5. The zero-order valence-electron chi connectivity index (χ0n) is 15.6. The van der Waals surface area contributed by atoms with Crippen LogP contribution in [-0.4, -0.2) is 17.3 Å². The molecule has 1 amide bonds. The summed E-state index contributed by atoms with van der Waals surface area (Å²) in [7, 11) is 0. The Morgan fingerprint density at radius 3 is 2.39 bits per heavy atom. The van der Waals surface area contributed by atoms with E-state index in [-0.39, 0.29) is 16.9 Å². The van der Waals surface area contributed by atoms with Gasteiger partial charge in [-0.1, -0.05) is 24.3 Å². The number of benzene rings is 3. The molecule has 0 radical (unpaired) electrons. The number of hydrogen-bond acceptors (Lipinski definition) is 2. The quantitative estimate of drug-likeness (QED) is 0.374. The number of rotatable bonds is 4. The van der Waals surface area contributed by atoms with Gasteiger partial charge in [-0.2, -0.15) is 0 Å². The zero-order valence-corrected chi connectivity index (χ0v) is 15.6. The second kappa shape index (κ2) is 7.75. The summed E-state index contributed by atoms with van der Waals surface area (Å²) >= 11 is 0. The van der Waals surface area contributed by atoms with E-state index in [1.807, 2.05) is 0 Å². The van der Waals surface area contributed by atoms with Gasteiger partial charge in [0.05, 0.1) is 5.69 Å². The van der Waals surface area contributed by atoms with Gasteiger partial charge in [-0.15, -0.1) is 13.2 Å². The number of alkyl halides is 3. The first kappa shape index (κ1) is 20.4. The molecule has 0 aliphatic carbocycles. The highest BCUT2D eigenvalue weighted by Crippen LogP contribution is 2.29. The molecule has 4 rings (SSSR count). The van der Waals surface area contributed by atoms with E-state index in [1.54, 1.807) is 0 Å². The van der Waals surface area contributed by atoms with Crippen LogP contribution < -0.4 is 10.1 Å². The van der Waals surface area contributed by atoms with Gasteiger partial charge in [0.15, 0.2) is 5.82 Å². The Labute approximate surface area is 172 Å². The molecule has 0 spiro atoms. The van der Waals surface area contributed by atoms with Gasteiger partial charge in [-0.25, -0.2) is 8.78 Å². The van der Waals surface area contributed by atoms with Crippen LogP contribution in [0.5, 0.6) is 5.75 Å². The number of anilines is 1. The number of carbonyl (C=O) groups is 1. The SMILES string of the molecule is O=C(Nc1cccc(-c2ccc(F)cc2)c1F)c1cc2cc(OC(F)(F)F)ccc2[nH]1. The predicted octanol–water partition coefficient (Wildman–Crippen LogP) is 6.26. The second-order valence-electron chi connectivity index (χ2n) is 6.61. The largest absolute Gasteiger partial charge is 0.573 e. The van der Waals surface area contributed by atoms with Crippen LogP contribution in [0.1, 0.15) is 10.5 Å². The van der Waals surface area contributed by atoms with E-state index in [0.717, 1.165) is 12.1 Å². The molecule has 3 aromatic carbocycles. The summed E-state index contributed by atoms with van der Waals surface area (Å²) in [5, 5.41) is 2.74. The van der Waals surface area contributed by atoms with E-state index in [2.05, 4.69) is 15.0 Å². The highest BCUT2D eigenvalue weighted by atomic mass is 19.4. The van der Waals surface area contributed by atoms with Crippen LogP contribution in [0.4, 0.5) is 27.6 Å². The van der Waals surface area contributed by atoms with Crippen LogP contribution in [0.25, 0.3) is 22.0 Å². The predicted molar refractivity (Wildman–Crippen MR) is 105 cm³/mol. The minimum absolute atomic E-state index is 0.0192. The van der Waals surface area contributed by atoms with Crippen LogP contribution in [0, 0.1) is 11.6 Å². The van der Waals surface area contributed by atoms with Crippen molar-refractivity contribution in [2.75, 3.05) is 5.32 Å². The Kier molecular flexibility index (Phi) is 5.10. The fraction of sp³-hybridized carbons (Fsp3) is 0.0455. The van der Waals surface area contributed by atoms with Crippen LogP contribution in [0.2, 0.25) is 0 Å². The Bertz CT molecular complexity index is 1260. The molecule has 31 heavy (non-hydrogen) atoms. The molecule has 4 nitrogen and oxygen atoms in total. The number of aromatic nitrogens is 1. The molecule has 9 heteroatoms.